The van der Waals surface area contributed by atoms with Crippen LogP contribution in [-0.2, 0) is 20.8 Å². The number of primary amides is 1. The van der Waals surface area contributed by atoms with Crippen LogP contribution < -0.4 is 16.4 Å². The lowest BCUT2D eigenvalue weighted by Gasteiger charge is -2.15. The van der Waals surface area contributed by atoms with E-state index in [1.165, 1.54) is 0 Å². The van der Waals surface area contributed by atoms with E-state index in [1.54, 1.807) is 12.3 Å². The van der Waals surface area contributed by atoms with Crippen molar-refractivity contribution in [2.24, 2.45) is 5.73 Å². The molecular formula is C18H29N3O4. The van der Waals surface area contributed by atoms with Gasteiger partial charge in [-0.05, 0) is 18.6 Å². The number of hydrogen-bond acceptors (Lipinski definition) is 4. The maximum atomic E-state index is 11.9. The fourth-order valence-electron chi connectivity index (χ4n) is 2.42. The van der Waals surface area contributed by atoms with E-state index >= 15 is 0 Å². The minimum Gasteiger partial charge on any atom is -0.469 e. The molecule has 7 nitrogen and oxygen atoms in total. The molecule has 1 atom stereocenters. The number of nitrogens with two attached hydrogens (primary N) is 1. The maximum Gasteiger partial charge on any atom is 0.240 e. The maximum absolute atomic E-state index is 11.9. The zero-order chi connectivity index (χ0) is 18.5. The average Bonchev–Trinajstić information content (AvgIpc) is 3.07. The Morgan fingerprint density at radius 2 is 1.92 bits per heavy atom. The predicted octanol–water partition coefficient (Wildman–Crippen LogP) is 1.66. The fourth-order valence-corrected chi connectivity index (χ4v) is 2.42. The first-order valence-electron chi connectivity index (χ1n) is 8.90. The first kappa shape index (κ1) is 20.7. The number of furan rings is 1. The van der Waals surface area contributed by atoms with Gasteiger partial charge in [-0.3, -0.25) is 14.4 Å². The van der Waals surface area contributed by atoms with Gasteiger partial charge in [0.2, 0.25) is 17.7 Å². The van der Waals surface area contributed by atoms with Crippen molar-refractivity contribution in [2.45, 2.75) is 64.3 Å². The molecule has 7 heteroatoms. The van der Waals surface area contributed by atoms with Gasteiger partial charge in [-0.15, -0.1) is 0 Å². The number of carbonyl (C=O) groups is 3. The van der Waals surface area contributed by atoms with E-state index in [-0.39, 0.29) is 18.2 Å². The van der Waals surface area contributed by atoms with E-state index in [1.807, 2.05) is 6.07 Å². The van der Waals surface area contributed by atoms with Crippen LogP contribution in [0.15, 0.2) is 22.8 Å². The molecule has 0 fully saturated rings. The third-order valence-corrected chi connectivity index (χ3v) is 3.85. The van der Waals surface area contributed by atoms with Crippen LogP contribution in [0.2, 0.25) is 0 Å². The van der Waals surface area contributed by atoms with Gasteiger partial charge in [-0.1, -0.05) is 32.6 Å². The molecule has 0 unspecified atom stereocenters. The average molecular weight is 351 g/mol. The molecule has 0 radical (unpaired) electrons. The Morgan fingerprint density at radius 1 is 1.16 bits per heavy atom. The topological polar surface area (TPSA) is 114 Å². The quantitative estimate of drug-likeness (QED) is 0.469. The molecule has 0 aliphatic carbocycles. The van der Waals surface area contributed by atoms with Crippen molar-refractivity contribution in [1.82, 2.24) is 10.6 Å². The first-order chi connectivity index (χ1) is 12.0. The molecule has 1 aromatic rings. The molecule has 1 heterocycles. The second-order valence-corrected chi connectivity index (χ2v) is 6.07. The van der Waals surface area contributed by atoms with Crippen molar-refractivity contribution in [1.29, 1.82) is 0 Å². The molecule has 0 saturated heterocycles. The number of amides is 3. The Balaban J connectivity index is 2.26. The van der Waals surface area contributed by atoms with Gasteiger partial charge in [-0.25, -0.2) is 0 Å². The van der Waals surface area contributed by atoms with Crippen molar-refractivity contribution in [2.75, 3.05) is 6.54 Å². The minimum absolute atomic E-state index is 0.158. The smallest absolute Gasteiger partial charge is 0.240 e. The van der Waals surface area contributed by atoms with Crippen molar-refractivity contribution in [3.05, 3.63) is 24.2 Å². The lowest BCUT2D eigenvalue weighted by Crippen LogP contribution is -2.47. The molecule has 0 aromatic carbocycles. The standard InChI is InChI=1S/C18H29N3O4/c1-2-3-4-5-6-9-16(22)21-15(18(19)24)13-17(23)20-11-10-14-8-7-12-25-14/h7-8,12,15H,2-6,9-11,13H2,1H3,(H2,19,24)(H,20,23)(H,21,22)/t15-/m1/s1. The molecule has 140 valence electrons. The Hall–Kier alpha value is -2.31. The highest BCUT2D eigenvalue weighted by molar-refractivity contribution is 5.91. The van der Waals surface area contributed by atoms with Crippen molar-refractivity contribution in [3.8, 4) is 0 Å². The van der Waals surface area contributed by atoms with Crippen molar-refractivity contribution in [3.63, 3.8) is 0 Å². The predicted molar refractivity (Wildman–Crippen MR) is 94.5 cm³/mol. The van der Waals surface area contributed by atoms with E-state index in [0.717, 1.165) is 37.9 Å². The van der Waals surface area contributed by atoms with Gasteiger partial charge >= 0.3 is 0 Å². The van der Waals surface area contributed by atoms with E-state index in [2.05, 4.69) is 17.6 Å². The zero-order valence-electron chi connectivity index (χ0n) is 14.9. The summed E-state index contributed by atoms with van der Waals surface area (Å²) in [4.78, 5) is 35.2. The summed E-state index contributed by atoms with van der Waals surface area (Å²) in [6, 6.07) is 2.61. The molecule has 0 saturated carbocycles. The summed E-state index contributed by atoms with van der Waals surface area (Å²) >= 11 is 0. The van der Waals surface area contributed by atoms with E-state index in [9.17, 15) is 14.4 Å². The zero-order valence-corrected chi connectivity index (χ0v) is 14.9. The Kier molecular flexibility index (Phi) is 10.0. The molecule has 3 amide bonds. The Morgan fingerprint density at radius 3 is 2.56 bits per heavy atom. The third-order valence-electron chi connectivity index (χ3n) is 3.85. The molecule has 0 aliphatic rings. The van der Waals surface area contributed by atoms with Crippen molar-refractivity contribution < 1.29 is 18.8 Å². The third kappa shape index (κ3) is 9.54. The molecule has 25 heavy (non-hydrogen) atoms. The summed E-state index contributed by atoms with van der Waals surface area (Å²) in [7, 11) is 0. The summed E-state index contributed by atoms with van der Waals surface area (Å²) in [6.45, 7) is 2.52. The van der Waals surface area contributed by atoms with Crippen LogP contribution in [0.25, 0.3) is 0 Å². The van der Waals surface area contributed by atoms with Crippen molar-refractivity contribution >= 4 is 17.7 Å². The van der Waals surface area contributed by atoms with E-state index in [4.69, 9.17) is 10.2 Å². The molecule has 1 rings (SSSR count). The van der Waals surface area contributed by atoms with E-state index < -0.39 is 11.9 Å². The number of rotatable bonds is 13. The Bertz CT molecular complexity index is 528. The molecule has 0 aliphatic heterocycles. The van der Waals surface area contributed by atoms with Gasteiger partial charge in [0.1, 0.15) is 11.8 Å². The SMILES string of the molecule is CCCCCCCC(=O)N[C@H](CC(=O)NCCc1ccco1)C(N)=O. The largest absolute Gasteiger partial charge is 0.469 e. The number of nitrogens with one attached hydrogen (secondary N) is 2. The highest BCUT2D eigenvalue weighted by atomic mass is 16.3. The molecule has 4 N–H and O–H groups in total. The highest BCUT2D eigenvalue weighted by Gasteiger charge is 2.21. The van der Waals surface area contributed by atoms with Gasteiger partial charge in [-0.2, -0.15) is 0 Å². The normalized spacial score (nSPS) is 11.7. The first-order valence-corrected chi connectivity index (χ1v) is 8.90. The molecule has 1 aromatic heterocycles. The lowest BCUT2D eigenvalue weighted by molar-refractivity contribution is -0.130. The van der Waals surface area contributed by atoms with Gasteiger partial charge in [0.15, 0.2) is 0 Å². The van der Waals surface area contributed by atoms with Crippen LogP contribution in [0.1, 0.15) is 57.6 Å². The molecule has 0 bridgehead atoms. The van der Waals surface area contributed by atoms with Crippen LogP contribution in [0, 0.1) is 0 Å². The summed E-state index contributed by atoms with van der Waals surface area (Å²) in [5.74, 6) is -0.522. The summed E-state index contributed by atoms with van der Waals surface area (Å²) in [5, 5.41) is 5.24. The minimum atomic E-state index is -0.980. The highest BCUT2D eigenvalue weighted by Crippen LogP contribution is 2.05. The molecular weight excluding hydrogens is 322 g/mol. The monoisotopic (exact) mass is 351 g/mol. The summed E-state index contributed by atoms with van der Waals surface area (Å²) in [6.07, 6.45) is 7.46. The van der Waals surface area contributed by atoms with Crippen LogP contribution in [0.4, 0.5) is 0 Å². The van der Waals surface area contributed by atoms with Gasteiger partial charge in [0.05, 0.1) is 12.7 Å². The van der Waals surface area contributed by atoms with Gasteiger partial charge in [0.25, 0.3) is 0 Å². The lowest BCUT2D eigenvalue weighted by atomic mass is 10.1. The fraction of sp³-hybridized carbons (Fsp3) is 0.611. The summed E-state index contributed by atoms with van der Waals surface area (Å²) < 4.78 is 5.17. The number of unbranched alkanes of at least 4 members (excludes halogenated alkanes) is 4. The van der Waals surface area contributed by atoms with Gasteiger partial charge < -0.3 is 20.8 Å². The molecule has 0 spiro atoms. The summed E-state index contributed by atoms with van der Waals surface area (Å²) in [5.41, 5.74) is 5.28. The number of hydrogen-bond donors (Lipinski definition) is 3. The second-order valence-electron chi connectivity index (χ2n) is 6.07. The number of carbonyl (C=O) groups excluding carboxylic acids is 3. The second kappa shape index (κ2) is 12.1. The van der Waals surface area contributed by atoms with Crippen LogP contribution in [0.3, 0.4) is 0 Å². The van der Waals surface area contributed by atoms with E-state index in [0.29, 0.717) is 19.4 Å². The Labute approximate surface area is 148 Å². The van der Waals surface area contributed by atoms with Crippen LogP contribution >= 0.6 is 0 Å². The van der Waals surface area contributed by atoms with Gasteiger partial charge in [0, 0.05) is 19.4 Å². The van der Waals surface area contributed by atoms with Crippen LogP contribution in [0.5, 0.6) is 0 Å². The van der Waals surface area contributed by atoms with Crippen LogP contribution in [-0.4, -0.2) is 30.3 Å².